The van der Waals surface area contributed by atoms with Crippen LogP contribution in [0.3, 0.4) is 0 Å². The molecular weight excluding hydrogens is 558 g/mol. The van der Waals surface area contributed by atoms with Crippen molar-refractivity contribution in [3.05, 3.63) is 22.5 Å². The molecule has 0 amide bonds. The molecule has 0 aromatic carbocycles. The average Bonchev–Trinajstić information content (AvgIpc) is 2.48. The molecule has 0 aromatic heterocycles. The minimum atomic E-state index is -6.31. The summed E-state index contributed by atoms with van der Waals surface area (Å²) in [5, 5.41) is 0. The molecule has 0 rings (SSSR count). The summed E-state index contributed by atoms with van der Waals surface area (Å²) in [5.74, 6) is -9.32. The SMILES string of the molecule is CC(C)(F)/C(=C(\F)C(F)(F)F)C(C)(F)C(F)(F)F.CC(C)=C(C(C)(F)C(F)(F)F)C(F)(F)C(F)(F)F. The predicted octanol–water partition coefficient (Wildman–Crippen LogP) is 9.62. The van der Waals surface area contributed by atoms with E-state index >= 15 is 0 Å². The lowest BCUT2D eigenvalue weighted by molar-refractivity contribution is -0.284. The van der Waals surface area contributed by atoms with Gasteiger partial charge in [-0.05, 0) is 41.5 Å². The molecule has 18 heteroatoms. The summed E-state index contributed by atoms with van der Waals surface area (Å²) in [5.41, 5.74) is -19.4. The van der Waals surface area contributed by atoms with Crippen LogP contribution in [-0.4, -0.2) is 47.6 Å². The van der Waals surface area contributed by atoms with E-state index in [0.717, 1.165) is 0 Å². The molecule has 0 saturated carbocycles. The second kappa shape index (κ2) is 10.2. The van der Waals surface area contributed by atoms with Gasteiger partial charge < -0.3 is 0 Å². The van der Waals surface area contributed by atoms with Crippen LogP contribution < -0.4 is 0 Å². The fourth-order valence-electron chi connectivity index (χ4n) is 2.67. The Kier molecular flexibility index (Phi) is 10.3. The normalized spacial score (nSPS) is 18.3. The highest BCUT2D eigenvalue weighted by Crippen LogP contribution is 2.52. The number of alkyl halides is 17. The highest BCUT2D eigenvalue weighted by atomic mass is 19.4. The topological polar surface area (TPSA) is 0 Å². The van der Waals surface area contributed by atoms with Crippen LogP contribution in [0.4, 0.5) is 79.0 Å². The van der Waals surface area contributed by atoms with Gasteiger partial charge in [0, 0.05) is 0 Å². The second-order valence-electron chi connectivity index (χ2n) is 8.11. The third kappa shape index (κ3) is 7.86. The Labute approximate surface area is 192 Å². The lowest BCUT2D eigenvalue weighted by Gasteiger charge is -2.33. The first-order chi connectivity index (χ1) is 15.1. The van der Waals surface area contributed by atoms with Crippen LogP contribution in [0.15, 0.2) is 22.5 Å². The zero-order chi connectivity index (χ0) is 30.3. The maximum absolute atomic E-state index is 13.4. The van der Waals surface area contributed by atoms with Gasteiger partial charge in [-0.15, -0.1) is 0 Å². The van der Waals surface area contributed by atoms with Crippen LogP contribution in [0.2, 0.25) is 0 Å². The zero-order valence-corrected chi connectivity index (χ0v) is 18.8. The fourth-order valence-corrected chi connectivity index (χ4v) is 2.67. The van der Waals surface area contributed by atoms with Crippen molar-refractivity contribution in [2.45, 2.75) is 89.2 Å². The third-order valence-electron chi connectivity index (χ3n) is 4.24. The lowest BCUT2D eigenvalue weighted by Crippen LogP contribution is -2.51. The highest BCUT2D eigenvalue weighted by Gasteiger charge is 2.70. The molecule has 0 nitrogen and oxygen atoms in total. The van der Waals surface area contributed by atoms with Gasteiger partial charge in [-0.3, -0.25) is 0 Å². The molecule has 0 radical (unpaired) electrons. The van der Waals surface area contributed by atoms with Crippen LogP contribution in [-0.2, 0) is 0 Å². The van der Waals surface area contributed by atoms with E-state index in [2.05, 4.69) is 0 Å². The van der Waals surface area contributed by atoms with E-state index in [4.69, 9.17) is 0 Å². The molecule has 0 heterocycles. The van der Waals surface area contributed by atoms with Gasteiger partial charge in [0.15, 0.2) is 0 Å². The van der Waals surface area contributed by atoms with Gasteiger partial charge in [-0.1, -0.05) is 5.57 Å². The van der Waals surface area contributed by atoms with Gasteiger partial charge >= 0.3 is 30.6 Å². The summed E-state index contributed by atoms with van der Waals surface area (Å²) >= 11 is 0. The molecule has 0 aliphatic carbocycles. The molecule has 0 aromatic rings. The molecule has 0 bridgehead atoms. The van der Waals surface area contributed by atoms with Crippen molar-refractivity contribution in [3.8, 4) is 0 Å². The van der Waals surface area contributed by atoms with Gasteiger partial charge in [0.2, 0.25) is 17.2 Å². The minimum absolute atomic E-state index is 0.206. The average molecular weight is 576 g/mol. The predicted molar refractivity (Wildman–Crippen MR) is 89.9 cm³/mol. The van der Waals surface area contributed by atoms with E-state index in [1.807, 2.05) is 0 Å². The Balaban J connectivity index is 0. The molecule has 0 saturated heterocycles. The van der Waals surface area contributed by atoms with Crippen molar-refractivity contribution in [1.82, 2.24) is 0 Å². The molecule has 2 unspecified atom stereocenters. The summed E-state index contributed by atoms with van der Waals surface area (Å²) < 4.78 is 225. The standard InChI is InChI=1S/2C9H9F9/c1-6(2,11)4(5(10)8(13,14)15)7(3,12)9(16,17)18;1-4(2)5(6(3,10)8(13,14)15)7(11,12)9(16,17)18/h2*1-3H3/b5-4+;. The minimum Gasteiger partial charge on any atom is -0.239 e. The van der Waals surface area contributed by atoms with Crippen LogP contribution in [0, 0.1) is 0 Å². The summed E-state index contributed by atoms with van der Waals surface area (Å²) in [6.45, 7) is 0.787. The van der Waals surface area contributed by atoms with Gasteiger partial charge in [0.25, 0.3) is 0 Å². The Bertz CT molecular complexity index is 787. The Hall–Kier alpha value is -1.78. The van der Waals surface area contributed by atoms with Crippen molar-refractivity contribution < 1.29 is 79.0 Å². The van der Waals surface area contributed by atoms with Gasteiger partial charge in [0.05, 0.1) is 11.1 Å². The van der Waals surface area contributed by atoms with Crippen molar-refractivity contribution >= 4 is 0 Å². The number of rotatable bonds is 4. The Morgan fingerprint density at radius 3 is 0.889 bits per heavy atom. The first-order valence-electron chi connectivity index (χ1n) is 8.90. The van der Waals surface area contributed by atoms with Crippen molar-refractivity contribution in [2.75, 3.05) is 0 Å². The molecule has 0 N–H and O–H groups in total. The maximum Gasteiger partial charge on any atom is 0.457 e. The quantitative estimate of drug-likeness (QED) is 0.231. The fraction of sp³-hybridized carbons (Fsp3) is 0.778. The van der Waals surface area contributed by atoms with Crippen molar-refractivity contribution in [1.29, 1.82) is 0 Å². The molecule has 0 aliphatic rings. The van der Waals surface area contributed by atoms with E-state index in [1.54, 1.807) is 0 Å². The maximum atomic E-state index is 13.4. The van der Waals surface area contributed by atoms with Crippen LogP contribution in [0.5, 0.6) is 0 Å². The number of hydrogen-bond acceptors (Lipinski definition) is 0. The van der Waals surface area contributed by atoms with Crippen molar-refractivity contribution in [3.63, 3.8) is 0 Å². The van der Waals surface area contributed by atoms with E-state index in [1.165, 1.54) is 0 Å². The lowest BCUT2D eigenvalue weighted by atomic mass is 9.85. The molecule has 216 valence electrons. The summed E-state index contributed by atoms with van der Waals surface area (Å²) in [6, 6.07) is 0. The summed E-state index contributed by atoms with van der Waals surface area (Å²) in [7, 11) is 0. The number of allylic oxidation sites excluding steroid dienone is 4. The first kappa shape index (κ1) is 36.4. The van der Waals surface area contributed by atoms with Crippen LogP contribution >= 0.6 is 0 Å². The largest absolute Gasteiger partial charge is 0.457 e. The summed E-state index contributed by atoms with van der Waals surface area (Å²) in [6.07, 6.45) is -24.0. The van der Waals surface area contributed by atoms with E-state index in [0.29, 0.717) is 13.8 Å². The van der Waals surface area contributed by atoms with E-state index in [-0.39, 0.29) is 27.7 Å². The van der Waals surface area contributed by atoms with E-state index < -0.39 is 70.2 Å². The molecule has 36 heavy (non-hydrogen) atoms. The number of hydrogen-bond donors (Lipinski definition) is 0. The molecule has 2 atom stereocenters. The van der Waals surface area contributed by atoms with Crippen LogP contribution in [0.1, 0.15) is 41.5 Å². The van der Waals surface area contributed by atoms with Gasteiger partial charge in [-0.2, -0.15) is 61.5 Å². The van der Waals surface area contributed by atoms with Crippen LogP contribution in [0.25, 0.3) is 0 Å². The Morgan fingerprint density at radius 1 is 0.444 bits per heavy atom. The zero-order valence-electron chi connectivity index (χ0n) is 18.8. The van der Waals surface area contributed by atoms with E-state index in [9.17, 15) is 79.0 Å². The van der Waals surface area contributed by atoms with Gasteiger partial charge in [-0.25, -0.2) is 17.6 Å². The molecule has 0 aliphatic heterocycles. The molecule has 0 spiro atoms. The highest BCUT2D eigenvalue weighted by molar-refractivity contribution is 5.33. The van der Waals surface area contributed by atoms with Crippen molar-refractivity contribution in [2.24, 2.45) is 0 Å². The monoisotopic (exact) mass is 576 g/mol. The summed E-state index contributed by atoms with van der Waals surface area (Å²) in [4.78, 5) is 0. The molecular formula is C18H18F18. The number of halogens is 18. The first-order valence-corrected chi connectivity index (χ1v) is 8.90. The second-order valence-corrected chi connectivity index (χ2v) is 8.11. The smallest absolute Gasteiger partial charge is 0.239 e. The molecule has 0 fully saturated rings. The third-order valence-corrected chi connectivity index (χ3v) is 4.24. The Morgan fingerprint density at radius 2 is 0.722 bits per heavy atom. The van der Waals surface area contributed by atoms with Gasteiger partial charge in [0.1, 0.15) is 5.67 Å².